The number of aromatic nitrogens is 2. The SMILES string of the molecule is CCNc1ncnc(NC2CC2C)c1OC. The third-order valence-electron chi connectivity index (χ3n) is 2.78. The Morgan fingerprint density at radius 2 is 2.12 bits per heavy atom. The van der Waals surface area contributed by atoms with Crippen molar-refractivity contribution in [3.05, 3.63) is 6.33 Å². The Morgan fingerprint density at radius 3 is 2.69 bits per heavy atom. The highest BCUT2D eigenvalue weighted by atomic mass is 16.5. The van der Waals surface area contributed by atoms with Crippen molar-refractivity contribution in [3.8, 4) is 5.75 Å². The van der Waals surface area contributed by atoms with Gasteiger partial charge in [0, 0.05) is 12.6 Å². The van der Waals surface area contributed by atoms with Crippen LogP contribution in [0.25, 0.3) is 0 Å². The summed E-state index contributed by atoms with van der Waals surface area (Å²) in [5, 5.41) is 6.52. The molecule has 16 heavy (non-hydrogen) atoms. The number of methoxy groups -OCH3 is 1. The summed E-state index contributed by atoms with van der Waals surface area (Å²) in [6.07, 6.45) is 2.75. The molecule has 0 aliphatic heterocycles. The van der Waals surface area contributed by atoms with E-state index in [1.54, 1.807) is 13.4 Å². The van der Waals surface area contributed by atoms with Crippen LogP contribution in [0.15, 0.2) is 6.33 Å². The fraction of sp³-hybridized carbons (Fsp3) is 0.636. The highest BCUT2D eigenvalue weighted by Gasteiger charge is 2.33. The van der Waals surface area contributed by atoms with Crippen molar-refractivity contribution < 1.29 is 4.74 Å². The van der Waals surface area contributed by atoms with E-state index in [4.69, 9.17) is 4.74 Å². The van der Waals surface area contributed by atoms with Gasteiger partial charge in [0.1, 0.15) is 6.33 Å². The standard InChI is InChI=1S/C11H18N4O/c1-4-12-10-9(16-3)11(14-6-13-10)15-8-5-7(8)2/h6-8H,4-5H2,1-3H3,(H2,12,13,14,15). The molecule has 0 radical (unpaired) electrons. The van der Waals surface area contributed by atoms with Crippen molar-refractivity contribution in [2.24, 2.45) is 5.92 Å². The van der Waals surface area contributed by atoms with Gasteiger partial charge in [-0.3, -0.25) is 0 Å². The zero-order chi connectivity index (χ0) is 11.5. The van der Waals surface area contributed by atoms with E-state index in [1.807, 2.05) is 6.92 Å². The Kier molecular flexibility index (Phi) is 3.12. The molecule has 2 N–H and O–H groups in total. The molecule has 0 saturated heterocycles. The maximum atomic E-state index is 5.34. The second-order valence-corrected chi connectivity index (χ2v) is 4.10. The van der Waals surface area contributed by atoms with Gasteiger partial charge in [0.05, 0.1) is 7.11 Å². The first kappa shape index (κ1) is 11.0. The molecule has 1 aliphatic carbocycles. The number of anilines is 2. The molecule has 5 nitrogen and oxygen atoms in total. The summed E-state index contributed by atoms with van der Waals surface area (Å²) >= 11 is 0. The summed E-state index contributed by atoms with van der Waals surface area (Å²) in [7, 11) is 1.64. The summed E-state index contributed by atoms with van der Waals surface area (Å²) in [4.78, 5) is 8.38. The minimum Gasteiger partial charge on any atom is -0.490 e. The van der Waals surface area contributed by atoms with Gasteiger partial charge in [0.15, 0.2) is 11.6 Å². The first-order valence-electron chi connectivity index (χ1n) is 5.65. The summed E-state index contributed by atoms with van der Waals surface area (Å²) < 4.78 is 5.34. The molecule has 2 atom stereocenters. The Hall–Kier alpha value is -1.52. The zero-order valence-corrected chi connectivity index (χ0v) is 9.95. The fourth-order valence-electron chi connectivity index (χ4n) is 1.66. The maximum Gasteiger partial charge on any atom is 0.204 e. The number of nitrogens with one attached hydrogen (secondary N) is 2. The topological polar surface area (TPSA) is 59.1 Å². The van der Waals surface area contributed by atoms with Gasteiger partial charge < -0.3 is 15.4 Å². The van der Waals surface area contributed by atoms with Crippen LogP contribution < -0.4 is 15.4 Å². The van der Waals surface area contributed by atoms with Crippen LogP contribution in [0.5, 0.6) is 5.75 Å². The van der Waals surface area contributed by atoms with Crippen LogP contribution in [0.4, 0.5) is 11.6 Å². The van der Waals surface area contributed by atoms with E-state index in [0.717, 1.165) is 24.1 Å². The number of hydrogen-bond donors (Lipinski definition) is 2. The van der Waals surface area contributed by atoms with Gasteiger partial charge in [-0.05, 0) is 19.3 Å². The summed E-state index contributed by atoms with van der Waals surface area (Å²) in [6, 6.07) is 0.526. The van der Waals surface area contributed by atoms with Crippen molar-refractivity contribution in [1.82, 2.24) is 9.97 Å². The van der Waals surface area contributed by atoms with Gasteiger partial charge in [-0.25, -0.2) is 9.97 Å². The van der Waals surface area contributed by atoms with Crippen molar-refractivity contribution in [2.75, 3.05) is 24.3 Å². The molecule has 2 rings (SSSR count). The second-order valence-electron chi connectivity index (χ2n) is 4.10. The third-order valence-corrected chi connectivity index (χ3v) is 2.78. The lowest BCUT2D eigenvalue weighted by molar-refractivity contribution is 0.414. The molecule has 0 bridgehead atoms. The molecule has 0 spiro atoms. The summed E-state index contributed by atoms with van der Waals surface area (Å²) in [6.45, 7) is 5.06. The Morgan fingerprint density at radius 1 is 1.44 bits per heavy atom. The van der Waals surface area contributed by atoms with Crippen molar-refractivity contribution in [2.45, 2.75) is 26.3 Å². The number of hydrogen-bond acceptors (Lipinski definition) is 5. The van der Waals surface area contributed by atoms with Crippen LogP contribution in [0.3, 0.4) is 0 Å². The van der Waals surface area contributed by atoms with Gasteiger partial charge >= 0.3 is 0 Å². The van der Waals surface area contributed by atoms with E-state index < -0.39 is 0 Å². The molecule has 1 aromatic rings. The van der Waals surface area contributed by atoms with E-state index in [9.17, 15) is 0 Å². The van der Waals surface area contributed by atoms with Crippen LogP contribution in [-0.4, -0.2) is 29.7 Å². The van der Waals surface area contributed by atoms with Gasteiger partial charge in [-0.15, -0.1) is 0 Å². The highest BCUT2D eigenvalue weighted by Crippen LogP contribution is 2.36. The van der Waals surface area contributed by atoms with Crippen LogP contribution in [0.2, 0.25) is 0 Å². The van der Waals surface area contributed by atoms with E-state index in [1.165, 1.54) is 6.42 Å². The van der Waals surface area contributed by atoms with Gasteiger partial charge in [-0.1, -0.05) is 6.92 Å². The number of nitrogens with zero attached hydrogens (tertiary/aromatic N) is 2. The van der Waals surface area contributed by atoms with Crippen LogP contribution >= 0.6 is 0 Å². The predicted molar refractivity (Wildman–Crippen MR) is 63.9 cm³/mol. The maximum absolute atomic E-state index is 5.34. The smallest absolute Gasteiger partial charge is 0.204 e. The average molecular weight is 222 g/mol. The first-order chi connectivity index (χ1) is 7.76. The summed E-state index contributed by atoms with van der Waals surface area (Å²) in [5.41, 5.74) is 0. The molecule has 1 aromatic heterocycles. The Labute approximate surface area is 95.6 Å². The minimum absolute atomic E-state index is 0.526. The lowest BCUT2D eigenvalue weighted by Crippen LogP contribution is -2.10. The molecular weight excluding hydrogens is 204 g/mol. The van der Waals surface area contributed by atoms with E-state index >= 15 is 0 Å². The molecule has 2 unspecified atom stereocenters. The second kappa shape index (κ2) is 4.55. The lowest BCUT2D eigenvalue weighted by Gasteiger charge is -2.13. The normalized spacial score (nSPS) is 22.7. The molecule has 1 fully saturated rings. The van der Waals surface area contributed by atoms with Gasteiger partial charge in [0.2, 0.25) is 5.75 Å². The fourth-order valence-corrected chi connectivity index (χ4v) is 1.66. The first-order valence-corrected chi connectivity index (χ1v) is 5.65. The average Bonchev–Trinajstić information content (AvgIpc) is 2.95. The predicted octanol–water partition coefficient (Wildman–Crippen LogP) is 1.74. The molecule has 1 aliphatic rings. The van der Waals surface area contributed by atoms with Crippen LogP contribution in [0.1, 0.15) is 20.3 Å². The zero-order valence-electron chi connectivity index (χ0n) is 9.95. The molecule has 1 heterocycles. The largest absolute Gasteiger partial charge is 0.490 e. The van der Waals surface area contributed by atoms with E-state index in [2.05, 4.69) is 27.5 Å². The van der Waals surface area contributed by atoms with Gasteiger partial charge in [0.25, 0.3) is 0 Å². The molecule has 0 aromatic carbocycles. The van der Waals surface area contributed by atoms with Crippen LogP contribution in [-0.2, 0) is 0 Å². The van der Waals surface area contributed by atoms with Crippen molar-refractivity contribution in [3.63, 3.8) is 0 Å². The van der Waals surface area contributed by atoms with Crippen molar-refractivity contribution in [1.29, 1.82) is 0 Å². The Balaban J connectivity index is 2.18. The molecule has 5 heteroatoms. The monoisotopic (exact) mass is 222 g/mol. The van der Waals surface area contributed by atoms with Gasteiger partial charge in [-0.2, -0.15) is 0 Å². The lowest BCUT2D eigenvalue weighted by atomic mass is 10.4. The summed E-state index contributed by atoms with van der Waals surface area (Å²) in [5.74, 6) is 2.95. The van der Waals surface area contributed by atoms with E-state index in [0.29, 0.717) is 11.8 Å². The van der Waals surface area contributed by atoms with Crippen molar-refractivity contribution >= 4 is 11.6 Å². The van der Waals surface area contributed by atoms with Crippen LogP contribution in [0, 0.1) is 5.92 Å². The number of ether oxygens (including phenoxy) is 1. The molecule has 1 saturated carbocycles. The quantitative estimate of drug-likeness (QED) is 0.794. The Bertz CT molecular complexity index is 369. The highest BCUT2D eigenvalue weighted by molar-refractivity contribution is 5.64. The molecule has 88 valence electrons. The molecule has 0 amide bonds. The molecular formula is C11H18N4O. The third kappa shape index (κ3) is 2.18. The van der Waals surface area contributed by atoms with E-state index in [-0.39, 0.29) is 0 Å². The number of rotatable bonds is 5. The minimum atomic E-state index is 0.526.